The monoisotopic (exact) mass is 316 g/mol. The van der Waals surface area contributed by atoms with Gasteiger partial charge in [0.1, 0.15) is 5.82 Å². The van der Waals surface area contributed by atoms with Crippen molar-refractivity contribution in [2.24, 2.45) is 5.73 Å². The summed E-state index contributed by atoms with van der Waals surface area (Å²) in [7, 11) is -3.65. The molecule has 0 bridgehead atoms. The molecule has 1 saturated heterocycles. The average molecular weight is 316 g/mol. The third kappa shape index (κ3) is 3.79. The smallest absolute Gasteiger partial charge is 0.243 e. The van der Waals surface area contributed by atoms with Gasteiger partial charge in [-0.25, -0.2) is 12.8 Å². The molecule has 118 valence electrons. The fraction of sp³-hybridized carbons (Fsp3) is 0.571. The lowest BCUT2D eigenvalue weighted by Gasteiger charge is -2.31. The van der Waals surface area contributed by atoms with Gasteiger partial charge in [0.25, 0.3) is 0 Å². The van der Waals surface area contributed by atoms with Crippen LogP contribution >= 0.6 is 0 Å². The van der Waals surface area contributed by atoms with Gasteiger partial charge in [0, 0.05) is 19.6 Å². The number of hydrogen-bond donors (Lipinski definition) is 1. The molecular weight excluding hydrogens is 295 g/mol. The molecule has 0 unspecified atom stereocenters. The van der Waals surface area contributed by atoms with Crippen LogP contribution in [0.2, 0.25) is 0 Å². The summed E-state index contributed by atoms with van der Waals surface area (Å²) in [5.74, 6) is -0.541. The first-order chi connectivity index (χ1) is 9.95. The van der Waals surface area contributed by atoms with Crippen molar-refractivity contribution < 1.29 is 17.5 Å². The highest BCUT2D eigenvalue weighted by Crippen LogP contribution is 2.24. The number of nitrogens with two attached hydrogens (primary N) is 1. The zero-order valence-corrected chi connectivity index (χ0v) is 12.9. The lowest BCUT2D eigenvalue weighted by atomic mass is 10.1. The van der Waals surface area contributed by atoms with Gasteiger partial charge in [0.15, 0.2) is 0 Å². The van der Waals surface area contributed by atoms with Gasteiger partial charge in [-0.1, -0.05) is 6.07 Å². The average Bonchev–Trinajstić information content (AvgIpc) is 2.48. The lowest BCUT2D eigenvalue weighted by Crippen LogP contribution is -2.41. The van der Waals surface area contributed by atoms with Crippen molar-refractivity contribution in [2.75, 3.05) is 26.2 Å². The first-order valence-electron chi connectivity index (χ1n) is 7.03. The van der Waals surface area contributed by atoms with E-state index in [2.05, 4.69) is 0 Å². The summed E-state index contributed by atoms with van der Waals surface area (Å²) >= 11 is 0. The Morgan fingerprint density at radius 2 is 2.05 bits per heavy atom. The van der Waals surface area contributed by atoms with Gasteiger partial charge < -0.3 is 10.5 Å². The van der Waals surface area contributed by atoms with Crippen LogP contribution in [0.4, 0.5) is 4.39 Å². The van der Waals surface area contributed by atoms with Crippen LogP contribution in [0.15, 0.2) is 23.1 Å². The predicted molar refractivity (Wildman–Crippen MR) is 77.9 cm³/mol. The third-order valence-corrected chi connectivity index (χ3v) is 5.68. The van der Waals surface area contributed by atoms with Crippen LogP contribution in [0.1, 0.15) is 18.4 Å². The largest absolute Gasteiger partial charge is 0.377 e. The molecular formula is C14H21FN2O3S. The first kappa shape index (κ1) is 16.4. The molecule has 2 rings (SSSR count). The molecule has 0 aromatic heterocycles. The van der Waals surface area contributed by atoms with Gasteiger partial charge in [-0.2, -0.15) is 4.31 Å². The summed E-state index contributed by atoms with van der Waals surface area (Å²) in [6.45, 7) is 3.38. The highest BCUT2D eigenvalue weighted by atomic mass is 32.2. The second-order valence-electron chi connectivity index (χ2n) is 5.17. The Bertz CT molecular complexity index is 584. The summed E-state index contributed by atoms with van der Waals surface area (Å²) in [5.41, 5.74) is 5.94. The van der Waals surface area contributed by atoms with Gasteiger partial charge >= 0.3 is 0 Å². The molecule has 7 heteroatoms. The van der Waals surface area contributed by atoms with E-state index >= 15 is 0 Å². The zero-order valence-electron chi connectivity index (χ0n) is 12.1. The summed E-state index contributed by atoms with van der Waals surface area (Å²) in [6, 6.07) is 3.84. The summed E-state index contributed by atoms with van der Waals surface area (Å²) < 4.78 is 45.4. The Hall–Kier alpha value is -1.02. The Labute approximate surface area is 124 Å². The summed E-state index contributed by atoms with van der Waals surface area (Å²) in [6.07, 6.45) is 1.31. The standard InChI is InChI=1S/C14H21FN2O3S/c1-11-2-3-12(15)10-14(11)21(18,19)17-7-4-13(5-8-17)20-9-6-16/h2-3,10,13H,4-9,16H2,1H3. The Kier molecular flexibility index (Phi) is 5.32. The van der Waals surface area contributed by atoms with Crippen LogP contribution in [0.3, 0.4) is 0 Å². The fourth-order valence-electron chi connectivity index (χ4n) is 2.46. The van der Waals surface area contributed by atoms with E-state index in [9.17, 15) is 12.8 Å². The van der Waals surface area contributed by atoms with E-state index in [0.29, 0.717) is 44.6 Å². The number of nitrogens with zero attached hydrogens (tertiary/aromatic N) is 1. The molecule has 0 aliphatic carbocycles. The van der Waals surface area contributed by atoms with Crippen molar-refractivity contribution in [3.63, 3.8) is 0 Å². The molecule has 0 radical (unpaired) electrons. The van der Waals surface area contributed by atoms with Crippen molar-refractivity contribution in [2.45, 2.75) is 30.8 Å². The van der Waals surface area contributed by atoms with Crippen molar-refractivity contribution in [3.05, 3.63) is 29.6 Å². The van der Waals surface area contributed by atoms with Crippen LogP contribution in [0, 0.1) is 12.7 Å². The maximum Gasteiger partial charge on any atom is 0.243 e. The van der Waals surface area contributed by atoms with E-state index < -0.39 is 15.8 Å². The molecule has 0 spiro atoms. The zero-order chi connectivity index (χ0) is 15.5. The quantitative estimate of drug-likeness (QED) is 0.888. The number of sulfonamides is 1. The third-order valence-electron chi connectivity index (χ3n) is 3.64. The maximum atomic E-state index is 13.3. The molecule has 0 saturated carbocycles. The van der Waals surface area contributed by atoms with E-state index in [-0.39, 0.29) is 11.0 Å². The van der Waals surface area contributed by atoms with E-state index in [4.69, 9.17) is 10.5 Å². The van der Waals surface area contributed by atoms with Crippen LogP contribution in [0.25, 0.3) is 0 Å². The minimum Gasteiger partial charge on any atom is -0.377 e. The number of hydrogen-bond acceptors (Lipinski definition) is 4. The topological polar surface area (TPSA) is 72.6 Å². The minimum atomic E-state index is -3.65. The van der Waals surface area contributed by atoms with Crippen LogP contribution < -0.4 is 5.73 Å². The number of aryl methyl sites for hydroxylation is 1. The molecule has 0 atom stereocenters. The van der Waals surface area contributed by atoms with Crippen molar-refractivity contribution >= 4 is 10.0 Å². The Morgan fingerprint density at radius 1 is 1.38 bits per heavy atom. The van der Waals surface area contributed by atoms with Gasteiger partial charge in [0.05, 0.1) is 17.6 Å². The van der Waals surface area contributed by atoms with Gasteiger partial charge in [-0.3, -0.25) is 0 Å². The van der Waals surface area contributed by atoms with Crippen LogP contribution in [-0.2, 0) is 14.8 Å². The minimum absolute atomic E-state index is 0.0452. The molecule has 1 aliphatic rings. The van der Waals surface area contributed by atoms with E-state index in [1.54, 1.807) is 6.92 Å². The number of ether oxygens (including phenoxy) is 1. The highest BCUT2D eigenvalue weighted by Gasteiger charge is 2.30. The normalized spacial score (nSPS) is 18.0. The Morgan fingerprint density at radius 3 is 2.67 bits per heavy atom. The fourth-order valence-corrected chi connectivity index (χ4v) is 4.17. The number of halogens is 1. The number of piperidine rings is 1. The van der Waals surface area contributed by atoms with Gasteiger partial charge in [0.2, 0.25) is 10.0 Å². The molecule has 1 aromatic carbocycles. The first-order valence-corrected chi connectivity index (χ1v) is 8.47. The summed E-state index contributed by atoms with van der Waals surface area (Å²) in [4.78, 5) is 0.0452. The van der Waals surface area contributed by atoms with Gasteiger partial charge in [-0.05, 0) is 37.5 Å². The summed E-state index contributed by atoms with van der Waals surface area (Å²) in [5, 5.41) is 0. The molecule has 2 N–H and O–H groups in total. The Balaban J connectivity index is 2.10. The molecule has 1 heterocycles. The van der Waals surface area contributed by atoms with E-state index in [1.807, 2.05) is 0 Å². The van der Waals surface area contributed by atoms with E-state index in [1.165, 1.54) is 16.4 Å². The second kappa shape index (κ2) is 6.83. The van der Waals surface area contributed by atoms with Crippen molar-refractivity contribution in [3.8, 4) is 0 Å². The van der Waals surface area contributed by atoms with Crippen LogP contribution in [0.5, 0.6) is 0 Å². The van der Waals surface area contributed by atoms with Crippen molar-refractivity contribution in [1.82, 2.24) is 4.31 Å². The molecule has 0 amide bonds. The number of rotatable bonds is 5. The molecule has 1 aliphatic heterocycles. The molecule has 1 aromatic rings. The van der Waals surface area contributed by atoms with Gasteiger partial charge in [-0.15, -0.1) is 0 Å². The number of benzene rings is 1. The molecule has 1 fully saturated rings. The predicted octanol–water partition coefficient (Wildman–Crippen LogP) is 1.26. The van der Waals surface area contributed by atoms with E-state index in [0.717, 1.165) is 6.07 Å². The highest BCUT2D eigenvalue weighted by molar-refractivity contribution is 7.89. The SMILES string of the molecule is Cc1ccc(F)cc1S(=O)(=O)N1CCC(OCCN)CC1. The van der Waals surface area contributed by atoms with Crippen LogP contribution in [-0.4, -0.2) is 45.1 Å². The van der Waals surface area contributed by atoms with Crippen molar-refractivity contribution in [1.29, 1.82) is 0 Å². The second-order valence-corrected chi connectivity index (χ2v) is 7.08. The molecule has 5 nitrogen and oxygen atoms in total. The maximum absolute atomic E-state index is 13.3. The molecule has 21 heavy (non-hydrogen) atoms. The lowest BCUT2D eigenvalue weighted by molar-refractivity contribution is 0.0257.